The van der Waals surface area contributed by atoms with E-state index in [0.717, 1.165) is 5.75 Å². The molecule has 0 atom stereocenters. The Morgan fingerprint density at radius 3 is 1.06 bits per heavy atom. The SMILES string of the molecule is C.C.CCCCS.[O-]P([O-])([O-])=S.[O-]P([O-])([O-])=S. The quantitative estimate of drug-likeness (QED) is 0.431. The van der Waals surface area contributed by atoms with Crippen molar-refractivity contribution in [3.63, 3.8) is 0 Å². The van der Waals surface area contributed by atoms with E-state index in [1.165, 1.54) is 12.8 Å². The Morgan fingerprint density at radius 2 is 1.06 bits per heavy atom. The van der Waals surface area contributed by atoms with Gasteiger partial charge in [0.15, 0.2) is 0 Å². The first kappa shape index (κ1) is 31.0. The Labute approximate surface area is 119 Å². The van der Waals surface area contributed by atoms with Crippen LogP contribution in [0.5, 0.6) is 0 Å². The molecule has 0 radical (unpaired) electrons. The van der Waals surface area contributed by atoms with E-state index in [1.54, 1.807) is 0 Å². The van der Waals surface area contributed by atoms with Crippen LogP contribution in [0.15, 0.2) is 0 Å². The lowest BCUT2D eigenvalue weighted by Gasteiger charge is -2.43. The molecule has 0 aromatic rings. The molecule has 0 N–H and O–H groups in total. The summed E-state index contributed by atoms with van der Waals surface area (Å²) in [7, 11) is 0. The molecule has 0 unspecified atom stereocenters. The highest BCUT2D eigenvalue weighted by molar-refractivity contribution is 8.04. The Morgan fingerprint density at radius 1 is 0.882 bits per heavy atom. The van der Waals surface area contributed by atoms with E-state index in [2.05, 4.69) is 43.2 Å². The minimum absolute atomic E-state index is 0. The fourth-order valence-electron chi connectivity index (χ4n) is 0.158. The van der Waals surface area contributed by atoms with Crippen molar-refractivity contribution in [3.8, 4) is 0 Å². The van der Waals surface area contributed by atoms with E-state index in [-0.39, 0.29) is 14.9 Å². The topological polar surface area (TPSA) is 138 Å². The van der Waals surface area contributed by atoms with Gasteiger partial charge in [-0.05, 0) is 12.2 Å². The van der Waals surface area contributed by atoms with Crippen molar-refractivity contribution in [1.29, 1.82) is 0 Å². The van der Waals surface area contributed by atoms with Gasteiger partial charge in [0.25, 0.3) is 0 Å². The molecule has 0 heterocycles. The van der Waals surface area contributed by atoms with Crippen LogP contribution < -0.4 is 29.4 Å². The van der Waals surface area contributed by atoms with Gasteiger partial charge in [-0.1, -0.05) is 28.2 Å². The Bertz CT molecular complexity index is 177. The van der Waals surface area contributed by atoms with Gasteiger partial charge in [0.2, 0.25) is 0 Å². The van der Waals surface area contributed by atoms with Crippen LogP contribution in [0.25, 0.3) is 0 Å². The van der Waals surface area contributed by atoms with Crippen molar-refractivity contribution in [2.75, 3.05) is 5.75 Å². The molecule has 112 valence electrons. The van der Waals surface area contributed by atoms with Crippen molar-refractivity contribution in [3.05, 3.63) is 0 Å². The molecule has 0 rings (SSSR count). The zero-order valence-corrected chi connectivity index (χ0v) is 12.0. The summed E-state index contributed by atoms with van der Waals surface area (Å²) in [5.41, 5.74) is 0. The van der Waals surface area contributed by atoms with Crippen molar-refractivity contribution < 1.29 is 29.4 Å². The number of rotatable bonds is 2. The van der Waals surface area contributed by atoms with Gasteiger partial charge in [-0.3, -0.25) is 0 Å². The third-order valence-electron chi connectivity index (χ3n) is 0.512. The first-order chi connectivity index (χ1) is 6.41. The van der Waals surface area contributed by atoms with Crippen molar-refractivity contribution >= 4 is 49.7 Å². The molecule has 0 saturated carbocycles. The van der Waals surface area contributed by atoms with E-state index in [4.69, 9.17) is 29.4 Å². The van der Waals surface area contributed by atoms with Crippen LogP contribution in [0.1, 0.15) is 34.6 Å². The monoisotopic (exact) mass is 344 g/mol. The fraction of sp³-hybridized carbons (Fsp3) is 1.00. The second-order valence-corrected chi connectivity index (χ2v) is 6.89. The van der Waals surface area contributed by atoms with Crippen molar-refractivity contribution in [2.24, 2.45) is 0 Å². The molecule has 0 aromatic carbocycles. The highest BCUT2D eigenvalue weighted by Crippen LogP contribution is 2.04. The molecule has 0 aliphatic heterocycles. The molecule has 0 fully saturated rings. The summed E-state index contributed by atoms with van der Waals surface area (Å²) in [6.07, 6.45) is 2.52. The van der Waals surface area contributed by atoms with Gasteiger partial charge >= 0.3 is 0 Å². The third-order valence-corrected chi connectivity index (χ3v) is 0.828. The molecule has 17 heavy (non-hydrogen) atoms. The van der Waals surface area contributed by atoms with Crippen LogP contribution in [-0.2, 0) is 23.6 Å². The molecule has 0 saturated heterocycles. The van der Waals surface area contributed by atoms with Crippen LogP contribution in [0.4, 0.5) is 0 Å². The Hall–Kier alpha value is 1.41. The first-order valence-corrected chi connectivity index (χ1v) is 9.23. The second-order valence-electron chi connectivity index (χ2n) is 1.97. The van der Waals surface area contributed by atoms with Crippen molar-refractivity contribution in [1.82, 2.24) is 0 Å². The first-order valence-electron chi connectivity index (χ1n) is 3.48. The maximum Gasteiger partial charge on any atom is -0.00980 e. The van der Waals surface area contributed by atoms with E-state index in [1.807, 2.05) is 0 Å². The molecule has 0 spiro atoms. The highest BCUT2D eigenvalue weighted by atomic mass is 32.5. The molecule has 0 amide bonds. The van der Waals surface area contributed by atoms with Gasteiger partial charge < -0.3 is 42.8 Å². The summed E-state index contributed by atoms with van der Waals surface area (Å²) < 4.78 is 0. The standard InChI is InChI=1S/C4H10S.2CH4.2H3O3PS/c1-2-3-4-5;;;2*1-4(2,3)5/h5H,2-4H2,1H3;2*1H4;2*(H3,1,2,3,5)/p-6. The maximum absolute atomic E-state index is 8.92. The normalized spacial score (nSPS) is 9.41. The molecule has 11 heteroatoms. The van der Waals surface area contributed by atoms with Crippen LogP contribution in [-0.4, -0.2) is 5.75 Å². The molecule has 6 nitrogen and oxygen atoms in total. The summed E-state index contributed by atoms with van der Waals surface area (Å²) in [6, 6.07) is 0. The maximum atomic E-state index is 8.92. The minimum atomic E-state index is -4.56. The molecule has 0 aliphatic rings. The zero-order valence-electron chi connectivity index (χ0n) is 7.73. The molecule has 0 bridgehead atoms. The summed E-state index contributed by atoms with van der Waals surface area (Å²) in [6.45, 7) is -6.95. The number of unbranched alkanes of at least 4 members (excludes halogenated alkanes) is 1. The number of hydrogen-bond donors (Lipinski definition) is 1. The lowest BCUT2D eigenvalue weighted by molar-refractivity contribution is -0.413. The second kappa shape index (κ2) is 17.4. The van der Waals surface area contributed by atoms with Gasteiger partial charge in [-0.2, -0.15) is 36.2 Å². The van der Waals surface area contributed by atoms with E-state index in [0.29, 0.717) is 0 Å². The van der Waals surface area contributed by atoms with Crippen LogP contribution in [0.2, 0.25) is 0 Å². The van der Waals surface area contributed by atoms with Gasteiger partial charge in [0.1, 0.15) is 0 Å². The zero-order chi connectivity index (χ0) is 13.1. The highest BCUT2D eigenvalue weighted by Gasteiger charge is 1.68. The third kappa shape index (κ3) is 356. The largest absolute Gasteiger partial charge is 0.844 e. The van der Waals surface area contributed by atoms with E-state index >= 15 is 0 Å². The summed E-state index contributed by atoms with van der Waals surface area (Å²) in [5, 5.41) is 0. The van der Waals surface area contributed by atoms with Gasteiger partial charge in [-0.25, -0.2) is 0 Å². The predicted molar refractivity (Wildman–Crippen MR) is 70.8 cm³/mol. The van der Waals surface area contributed by atoms with Gasteiger partial charge in [0, 0.05) is 0 Å². The molecular formula is C6H18O6P2S3-6. The Kier molecular flexibility index (Phi) is 31.8. The van der Waals surface area contributed by atoms with Crippen LogP contribution >= 0.6 is 26.1 Å². The minimum Gasteiger partial charge on any atom is -0.844 e. The van der Waals surface area contributed by atoms with E-state index < -0.39 is 13.4 Å². The Balaban J connectivity index is -0.0000000400. The van der Waals surface area contributed by atoms with Gasteiger partial charge in [-0.15, -0.1) is 0 Å². The number of hydrogen-bond acceptors (Lipinski definition) is 9. The number of thiol groups is 1. The van der Waals surface area contributed by atoms with E-state index in [9.17, 15) is 0 Å². The van der Waals surface area contributed by atoms with Crippen LogP contribution in [0.3, 0.4) is 0 Å². The van der Waals surface area contributed by atoms with Gasteiger partial charge in [0.05, 0.1) is 0 Å². The summed E-state index contributed by atoms with van der Waals surface area (Å²) in [4.78, 5) is 53.5. The summed E-state index contributed by atoms with van der Waals surface area (Å²) >= 11 is 10.5. The molecule has 0 aromatic heterocycles. The van der Waals surface area contributed by atoms with Crippen molar-refractivity contribution in [2.45, 2.75) is 34.6 Å². The fourth-order valence-corrected chi connectivity index (χ4v) is 0.474. The lowest BCUT2D eigenvalue weighted by Crippen LogP contribution is -2.23. The lowest BCUT2D eigenvalue weighted by atomic mass is 10.4. The molecular weight excluding hydrogens is 326 g/mol. The van der Waals surface area contributed by atoms with Crippen LogP contribution in [0, 0.1) is 0 Å². The summed E-state index contributed by atoms with van der Waals surface area (Å²) in [5.74, 6) is 1.04. The average molecular weight is 344 g/mol. The smallest absolute Gasteiger partial charge is 0.00980 e. The predicted octanol–water partition coefficient (Wildman–Crippen LogP) is -2.43. The average Bonchev–Trinajstić information content (AvgIpc) is 1.80. The molecule has 0 aliphatic carbocycles.